The van der Waals surface area contributed by atoms with E-state index in [-0.39, 0.29) is 6.04 Å². The molecule has 2 heterocycles. The Morgan fingerprint density at radius 1 is 1.38 bits per heavy atom. The Bertz CT molecular complexity index is 440. The van der Waals surface area contributed by atoms with Gasteiger partial charge in [0.05, 0.1) is 19.4 Å². The molecule has 0 aliphatic carbocycles. The average Bonchev–Trinajstić information content (AvgIpc) is 2.83. The molecule has 2 rings (SSSR count). The van der Waals surface area contributed by atoms with E-state index in [0.717, 1.165) is 11.5 Å². The molecule has 0 amide bonds. The SMILES string of the molecule is COc1cccnc1NC(C)c1ccco1. The minimum absolute atomic E-state index is 0.0544. The molecule has 0 saturated carbocycles. The second-order valence-corrected chi connectivity index (χ2v) is 3.44. The Morgan fingerprint density at radius 3 is 2.94 bits per heavy atom. The van der Waals surface area contributed by atoms with Crippen LogP contribution in [0.4, 0.5) is 5.82 Å². The molecule has 1 N–H and O–H groups in total. The summed E-state index contributed by atoms with van der Waals surface area (Å²) in [6.07, 6.45) is 3.38. The van der Waals surface area contributed by atoms with E-state index in [1.807, 2.05) is 31.2 Å². The molecule has 16 heavy (non-hydrogen) atoms. The summed E-state index contributed by atoms with van der Waals surface area (Å²) in [5, 5.41) is 3.23. The minimum Gasteiger partial charge on any atom is -0.493 e. The third-order valence-corrected chi connectivity index (χ3v) is 2.31. The number of furan rings is 1. The average molecular weight is 218 g/mol. The highest BCUT2D eigenvalue weighted by Crippen LogP contribution is 2.25. The van der Waals surface area contributed by atoms with E-state index in [0.29, 0.717) is 5.82 Å². The molecule has 0 aliphatic heterocycles. The fourth-order valence-electron chi connectivity index (χ4n) is 1.48. The molecule has 1 atom stereocenters. The van der Waals surface area contributed by atoms with Crippen LogP contribution < -0.4 is 10.1 Å². The van der Waals surface area contributed by atoms with Gasteiger partial charge in [-0.25, -0.2) is 4.98 Å². The molecule has 0 radical (unpaired) electrons. The molecule has 2 aromatic rings. The van der Waals surface area contributed by atoms with Gasteiger partial charge in [0.1, 0.15) is 5.76 Å². The van der Waals surface area contributed by atoms with Crippen LogP contribution in [0.5, 0.6) is 5.75 Å². The van der Waals surface area contributed by atoms with Crippen molar-refractivity contribution in [2.75, 3.05) is 12.4 Å². The van der Waals surface area contributed by atoms with Crippen LogP contribution in [0.25, 0.3) is 0 Å². The minimum atomic E-state index is 0.0544. The van der Waals surface area contributed by atoms with Crippen molar-refractivity contribution in [1.29, 1.82) is 0 Å². The Labute approximate surface area is 94.3 Å². The zero-order valence-corrected chi connectivity index (χ0v) is 9.31. The van der Waals surface area contributed by atoms with E-state index in [2.05, 4.69) is 10.3 Å². The van der Waals surface area contributed by atoms with Gasteiger partial charge in [-0.15, -0.1) is 0 Å². The first-order valence-corrected chi connectivity index (χ1v) is 5.10. The van der Waals surface area contributed by atoms with Crippen molar-refractivity contribution in [2.45, 2.75) is 13.0 Å². The second kappa shape index (κ2) is 4.70. The lowest BCUT2D eigenvalue weighted by Crippen LogP contribution is -2.08. The number of hydrogen-bond acceptors (Lipinski definition) is 4. The Balaban J connectivity index is 2.14. The fourth-order valence-corrected chi connectivity index (χ4v) is 1.48. The molecule has 84 valence electrons. The smallest absolute Gasteiger partial charge is 0.169 e. The largest absolute Gasteiger partial charge is 0.493 e. The van der Waals surface area contributed by atoms with Crippen molar-refractivity contribution in [3.8, 4) is 5.75 Å². The van der Waals surface area contributed by atoms with Gasteiger partial charge >= 0.3 is 0 Å². The van der Waals surface area contributed by atoms with E-state index in [4.69, 9.17) is 9.15 Å². The lowest BCUT2D eigenvalue weighted by atomic mass is 10.2. The number of ether oxygens (including phenoxy) is 1. The van der Waals surface area contributed by atoms with Crippen LogP contribution in [0, 0.1) is 0 Å². The number of nitrogens with one attached hydrogen (secondary N) is 1. The van der Waals surface area contributed by atoms with Gasteiger partial charge in [-0.1, -0.05) is 0 Å². The van der Waals surface area contributed by atoms with Crippen molar-refractivity contribution in [3.05, 3.63) is 42.5 Å². The van der Waals surface area contributed by atoms with Gasteiger partial charge in [0.2, 0.25) is 0 Å². The van der Waals surface area contributed by atoms with E-state index >= 15 is 0 Å². The normalized spacial score (nSPS) is 12.1. The van der Waals surface area contributed by atoms with Crippen LogP contribution in [0.15, 0.2) is 41.1 Å². The molecular formula is C12H14N2O2. The maximum atomic E-state index is 5.31. The molecule has 0 fully saturated rings. The summed E-state index contributed by atoms with van der Waals surface area (Å²) in [7, 11) is 1.62. The lowest BCUT2D eigenvalue weighted by Gasteiger charge is -2.14. The number of pyridine rings is 1. The Kier molecular flexibility index (Phi) is 3.10. The molecule has 0 spiro atoms. The number of hydrogen-bond donors (Lipinski definition) is 1. The molecule has 0 aromatic carbocycles. The standard InChI is InChI=1S/C12H14N2O2/c1-9(10-6-4-8-16-10)14-12-11(15-2)5-3-7-13-12/h3-9H,1-2H3,(H,13,14). The van der Waals surface area contributed by atoms with Gasteiger partial charge < -0.3 is 14.5 Å². The van der Waals surface area contributed by atoms with E-state index < -0.39 is 0 Å². The van der Waals surface area contributed by atoms with Crippen LogP contribution in [-0.4, -0.2) is 12.1 Å². The van der Waals surface area contributed by atoms with Gasteiger partial charge in [-0.2, -0.15) is 0 Å². The molecule has 4 nitrogen and oxygen atoms in total. The molecule has 4 heteroatoms. The maximum Gasteiger partial charge on any atom is 0.169 e. The fraction of sp³-hybridized carbons (Fsp3) is 0.250. The van der Waals surface area contributed by atoms with Crippen molar-refractivity contribution >= 4 is 5.82 Å². The van der Waals surface area contributed by atoms with E-state index in [1.54, 1.807) is 19.6 Å². The number of aromatic nitrogens is 1. The quantitative estimate of drug-likeness (QED) is 0.857. The summed E-state index contributed by atoms with van der Waals surface area (Å²) in [4.78, 5) is 4.22. The third kappa shape index (κ3) is 2.16. The Hall–Kier alpha value is -1.97. The summed E-state index contributed by atoms with van der Waals surface area (Å²) in [5.41, 5.74) is 0. The number of rotatable bonds is 4. The number of anilines is 1. The number of methoxy groups -OCH3 is 1. The summed E-state index contributed by atoms with van der Waals surface area (Å²) >= 11 is 0. The highest BCUT2D eigenvalue weighted by Gasteiger charge is 2.11. The van der Waals surface area contributed by atoms with Crippen LogP contribution in [0.3, 0.4) is 0 Å². The van der Waals surface area contributed by atoms with Crippen molar-refractivity contribution in [3.63, 3.8) is 0 Å². The van der Waals surface area contributed by atoms with Crippen LogP contribution in [-0.2, 0) is 0 Å². The van der Waals surface area contributed by atoms with Gasteiger partial charge in [0, 0.05) is 6.20 Å². The monoisotopic (exact) mass is 218 g/mol. The second-order valence-electron chi connectivity index (χ2n) is 3.44. The van der Waals surface area contributed by atoms with Crippen LogP contribution >= 0.6 is 0 Å². The summed E-state index contributed by atoms with van der Waals surface area (Å²) in [6.45, 7) is 2.01. The first-order chi connectivity index (χ1) is 7.81. The maximum absolute atomic E-state index is 5.31. The van der Waals surface area contributed by atoms with Gasteiger partial charge in [-0.05, 0) is 31.2 Å². The van der Waals surface area contributed by atoms with Crippen molar-refractivity contribution < 1.29 is 9.15 Å². The first-order valence-electron chi connectivity index (χ1n) is 5.10. The molecule has 0 bridgehead atoms. The topological polar surface area (TPSA) is 47.3 Å². The number of nitrogens with zero attached hydrogens (tertiary/aromatic N) is 1. The highest BCUT2D eigenvalue weighted by atomic mass is 16.5. The van der Waals surface area contributed by atoms with Crippen LogP contribution in [0.1, 0.15) is 18.7 Å². The van der Waals surface area contributed by atoms with Crippen LogP contribution in [0.2, 0.25) is 0 Å². The third-order valence-electron chi connectivity index (χ3n) is 2.31. The van der Waals surface area contributed by atoms with E-state index in [9.17, 15) is 0 Å². The molecule has 2 aromatic heterocycles. The molecule has 1 unspecified atom stereocenters. The molecule has 0 saturated heterocycles. The first kappa shape index (κ1) is 10.5. The van der Waals surface area contributed by atoms with Crippen molar-refractivity contribution in [1.82, 2.24) is 4.98 Å². The summed E-state index contributed by atoms with van der Waals surface area (Å²) < 4.78 is 10.5. The Morgan fingerprint density at radius 2 is 2.25 bits per heavy atom. The zero-order chi connectivity index (χ0) is 11.4. The summed E-state index contributed by atoms with van der Waals surface area (Å²) in [6, 6.07) is 7.54. The highest BCUT2D eigenvalue weighted by molar-refractivity contribution is 5.50. The molecular weight excluding hydrogens is 204 g/mol. The predicted molar refractivity (Wildman–Crippen MR) is 61.5 cm³/mol. The zero-order valence-electron chi connectivity index (χ0n) is 9.31. The van der Waals surface area contributed by atoms with E-state index in [1.165, 1.54) is 0 Å². The van der Waals surface area contributed by atoms with Gasteiger partial charge in [-0.3, -0.25) is 0 Å². The van der Waals surface area contributed by atoms with Gasteiger partial charge in [0.25, 0.3) is 0 Å². The summed E-state index contributed by atoms with van der Waals surface area (Å²) in [5.74, 6) is 2.31. The predicted octanol–water partition coefficient (Wildman–Crippen LogP) is 2.86. The van der Waals surface area contributed by atoms with Gasteiger partial charge in [0.15, 0.2) is 11.6 Å². The molecule has 0 aliphatic rings. The van der Waals surface area contributed by atoms with Crippen molar-refractivity contribution in [2.24, 2.45) is 0 Å². The lowest BCUT2D eigenvalue weighted by molar-refractivity contribution is 0.413.